The lowest BCUT2D eigenvalue weighted by Gasteiger charge is -2.16. The summed E-state index contributed by atoms with van der Waals surface area (Å²) in [6.45, 7) is 5.43. The van der Waals surface area contributed by atoms with E-state index in [-0.39, 0.29) is 17.9 Å². The van der Waals surface area contributed by atoms with Gasteiger partial charge in [-0.15, -0.1) is 0 Å². The number of carbonyl (C=O) groups excluding carboxylic acids is 1. The van der Waals surface area contributed by atoms with Gasteiger partial charge in [0, 0.05) is 11.4 Å². The van der Waals surface area contributed by atoms with Gasteiger partial charge >= 0.3 is 12.1 Å². The van der Waals surface area contributed by atoms with Gasteiger partial charge < -0.3 is 9.30 Å². The minimum Gasteiger partial charge on any atom is -0.462 e. The molecule has 3 nitrogen and oxygen atoms in total. The molecule has 2 rings (SSSR count). The molecule has 0 N–H and O–H groups in total. The van der Waals surface area contributed by atoms with Gasteiger partial charge in [-0.05, 0) is 38.5 Å². The molecule has 0 atom stereocenters. The van der Waals surface area contributed by atoms with Crippen molar-refractivity contribution in [3.05, 3.63) is 52.8 Å². The molecule has 0 aliphatic carbocycles. The first-order valence-electron chi connectivity index (χ1n) is 7.30. The van der Waals surface area contributed by atoms with Gasteiger partial charge in [0.2, 0.25) is 0 Å². The summed E-state index contributed by atoms with van der Waals surface area (Å²) in [5.41, 5.74) is 0.524. The van der Waals surface area contributed by atoms with E-state index in [9.17, 15) is 18.0 Å². The second-order valence-corrected chi connectivity index (χ2v) is 5.27. The molecule has 0 saturated carbocycles. The molecule has 0 saturated heterocycles. The lowest BCUT2D eigenvalue weighted by Crippen LogP contribution is -2.13. The van der Waals surface area contributed by atoms with Gasteiger partial charge in [-0.25, -0.2) is 4.79 Å². The third-order valence-electron chi connectivity index (χ3n) is 3.54. The summed E-state index contributed by atoms with van der Waals surface area (Å²) in [4.78, 5) is 12.0. The van der Waals surface area contributed by atoms with Crippen LogP contribution in [-0.4, -0.2) is 17.1 Å². The molecular weight excluding hydrogens is 307 g/mol. The molecule has 6 heteroatoms. The van der Waals surface area contributed by atoms with Crippen molar-refractivity contribution in [3.63, 3.8) is 0 Å². The quantitative estimate of drug-likeness (QED) is 0.764. The highest BCUT2D eigenvalue weighted by Gasteiger charge is 2.34. The number of hydrogen-bond donors (Lipinski definition) is 0. The Labute approximate surface area is 132 Å². The van der Waals surface area contributed by atoms with Crippen molar-refractivity contribution in [1.29, 1.82) is 0 Å². The van der Waals surface area contributed by atoms with Crippen LogP contribution in [0, 0.1) is 13.8 Å². The van der Waals surface area contributed by atoms with Crippen LogP contribution in [0.25, 0.3) is 5.69 Å². The van der Waals surface area contributed by atoms with Crippen LogP contribution in [0.2, 0.25) is 0 Å². The average Bonchev–Trinajstić information content (AvgIpc) is 2.79. The van der Waals surface area contributed by atoms with Gasteiger partial charge in [-0.3, -0.25) is 0 Å². The molecule has 1 heterocycles. The zero-order valence-electron chi connectivity index (χ0n) is 13.2. The molecule has 0 bridgehead atoms. The van der Waals surface area contributed by atoms with E-state index >= 15 is 0 Å². The SMILES string of the molecule is CCCOC(=O)c1cc(C)n(-c2ccccc2C(F)(F)F)c1C. The summed E-state index contributed by atoms with van der Waals surface area (Å²) >= 11 is 0. The highest BCUT2D eigenvalue weighted by Crippen LogP contribution is 2.35. The number of aromatic nitrogens is 1. The largest absolute Gasteiger partial charge is 0.462 e. The topological polar surface area (TPSA) is 31.2 Å². The molecule has 23 heavy (non-hydrogen) atoms. The van der Waals surface area contributed by atoms with Crippen LogP contribution in [0.1, 0.15) is 40.7 Å². The molecule has 0 unspecified atom stereocenters. The van der Waals surface area contributed by atoms with Crippen LogP contribution >= 0.6 is 0 Å². The maximum atomic E-state index is 13.2. The number of benzene rings is 1. The van der Waals surface area contributed by atoms with Gasteiger partial charge in [-0.2, -0.15) is 13.2 Å². The van der Waals surface area contributed by atoms with Crippen molar-refractivity contribution in [3.8, 4) is 5.69 Å². The standard InChI is InChI=1S/C17H18F3NO2/c1-4-9-23-16(22)13-10-11(2)21(12(13)3)15-8-6-5-7-14(15)17(18,19)20/h5-8,10H,4,9H2,1-3H3. The van der Waals surface area contributed by atoms with Gasteiger partial charge in [0.15, 0.2) is 0 Å². The Bertz CT molecular complexity index is 717. The van der Waals surface area contributed by atoms with E-state index in [2.05, 4.69) is 0 Å². The minimum atomic E-state index is -4.47. The molecular formula is C17H18F3NO2. The second-order valence-electron chi connectivity index (χ2n) is 5.27. The predicted molar refractivity (Wildman–Crippen MR) is 80.8 cm³/mol. The molecule has 1 aromatic heterocycles. The van der Waals surface area contributed by atoms with E-state index in [1.165, 1.54) is 16.7 Å². The molecule has 2 aromatic rings. The third kappa shape index (κ3) is 3.41. The summed E-state index contributed by atoms with van der Waals surface area (Å²) in [7, 11) is 0. The maximum Gasteiger partial charge on any atom is 0.418 e. The van der Waals surface area contributed by atoms with Crippen molar-refractivity contribution < 1.29 is 22.7 Å². The van der Waals surface area contributed by atoms with E-state index in [1.807, 2.05) is 6.92 Å². The molecule has 124 valence electrons. The molecule has 0 spiro atoms. The van der Waals surface area contributed by atoms with Crippen LogP contribution in [0.15, 0.2) is 30.3 Å². The summed E-state index contributed by atoms with van der Waals surface area (Å²) in [5, 5.41) is 0. The normalized spacial score (nSPS) is 11.6. The second kappa shape index (κ2) is 6.48. The van der Waals surface area contributed by atoms with Crippen molar-refractivity contribution in [2.45, 2.75) is 33.4 Å². The fraction of sp³-hybridized carbons (Fsp3) is 0.353. The molecule has 0 amide bonds. The number of ether oxygens (including phenoxy) is 1. The van der Waals surface area contributed by atoms with Crippen LogP contribution in [0.3, 0.4) is 0 Å². The Balaban J connectivity index is 2.55. The molecule has 0 radical (unpaired) electrons. The number of carbonyl (C=O) groups is 1. The highest BCUT2D eigenvalue weighted by atomic mass is 19.4. The fourth-order valence-corrected chi connectivity index (χ4v) is 2.52. The maximum absolute atomic E-state index is 13.2. The third-order valence-corrected chi connectivity index (χ3v) is 3.54. The number of esters is 1. The van der Waals surface area contributed by atoms with Crippen molar-refractivity contribution >= 4 is 5.97 Å². The van der Waals surface area contributed by atoms with Gasteiger partial charge in [-0.1, -0.05) is 19.1 Å². The Morgan fingerprint density at radius 3 is 2.48 bits per heavy atom. The van der Waals surface area contributed by atoms with Gasteiger partial charge in [0.25, 0.3) is 0 Å². The Morgan fingerprint density at radius 1 is 1.22 bits per heavy atom. The van der Waals surface area contributed by atoms with Gasteiger partial charge in [0.1, 0.15) is 0 Å². The Morgan fingerprint density at radius 2 is 1.87 bits per heavy atom. The lowest BCUT2D eigenvalue weighted by atomic mass is 10.1. The first-order chi connectivity index (χ1) is 10.8. The van der Waals surface area contributed by atoms with Crippen molar-refractivity contribution in [2.24, 2.45) is 0 Å². The number of aryl methyl sites for hydroxylation is 1. The van der Waals surface area contributed by atoms with Crippen molar-refractivity contribution in [2.75, 3.05) is 6.61 Å². The average molecular weight is 325 g/mol. The predicted octanol–water partition coefficient (Wildman–Crippen LogP) is 4.68. The Kier molecular flexibility index (Phi) is 4.82. The van der Waals surface area contributed by atoms with E-state index in [1.54, 1.807) is 26.0 Å². The summed E-state index contributed by atoms with van der Waals surface area (Å²) in [6, 6.07) is 6.86. The number of alkyl halides is 3. The number of nitrogens with zero attached hydrogens (tertiary/aromatic N) is 1. The van der Waals surface area contributed by atoms with Crippen LogP contribution in [0.5, 0.6) is 0 Å². The van der Waals surface area contributed by atoms with Crippen molar-refractivity contribution in [1.82, 2.24) is 4.57 Å². The molecule has 0 fully saturated rings. The summed E-state index contributed by atoms with van der Waals surface area (Å²) in [6.07, 6.45) is -3.79. The molecule has 1 aromatic carbocycles. The van der Waals surface area contributed by atoms with Crippen LogP contribution < -0.4 is 0 Å². The molecule has 0 aliphatic rings. The summed E-state index contributed by atoms with van der Waals surface area (Å²) < 4.78 is 46.2. The van der Waals surface area contributed by atoms with E-state index in [0.29, 0.717) is 17.8 Å². The van der Waals surface area contributed by atoms with Crippen LogP contribution in [-0.2, 0) is 10.9 Å². The minimum absolute atomic E-state index is 0.00421. The number of rotatable bonds is 4. The first-order valence-corrected chi connectivity index (χ1v) is 7.30. The van der Waals surface area contributed by atoms with Gasteiger partial charge in [0.05, 0.1) is 23.4 Å². The highest BCUT2D eigenvalue weighted by molar-refractivity contribution is 5.91. The lowest BCUT2D eigenvalue weighted by molar-refractivity contribution is -0.137. The fourth-order valence-electron chi connectivity index (χ4n) is 2.52. The number of para-hydroxylation sites is 1. The first kappa shape index (κ1) is 17.1. The number of hydrogen-bond acceptors (Lipinski definition) is 2. The zero-order valence-corrected chi connectivity index (χ0v) is 13.2. The van der Waals surface area contributed by atoms with Crippen LogP contribution in [0.4, 0.5) is 13.2 Å². The Hall–Kier alpha value is -2.24. The zero-order chi connectivity index (χ0) is 17.2. The summed E-state index contributed by atoms with van der Waals surface area (Å²) in [5.74, 6) is -0.518. The smallest absolute Gasteiger partial charge is 0.418 e. The number of halogens is 3. The van der Waals surface area contributed by atoms with E-state index in [4.69, 9.17) is 4.74 Å². The van der Waals surface area contributed by atoms with E-state index in [0.717, 1.165) is 6.07 Å². The van der Waals surface area contributed by atoms with E-state index < -0.39 is 17.7 Å². The molecule has 0 aliphatic heterocycles. The monoisotopic (exact) mass is 325 g/mol.